The lowest BCUT2D eigenvalue weighted by molar-refractivity contribution is 0.265. The van der Waals surface area contributed by atoms with E-state index in [9.17, 15) is 8.42 Å². The fourth-order valence-corrected chi connectivity index (χ4v) is 5.52. The van der Waals surface area contributed by atoms with Crippen LogP contribution in [0.25, 0.3) is 0 Å². The molecule has 124 valence electrons. The number of hydrogen-bond donors (Lipinski definition) is 2. The molecule has 21 heavy (non-hydrogen) atoms. The summed E-state index contributed by atoms with van der Waals surface area (Å²) in [5.41, 5.74) is 0. The highest BCUT2D eigenvalue weighted by atomic mass is 32.2. The van der Waals surface area contributed by atoms with Gasteiger partial charge in [0.05, 0.1) is 0 Å². The van der Waals surface area contributed by atoms with E-state index >= 15 is 0 Å². The van der Waals surface area contributed by atoms with E-state index in [0.29, 0.717) is 24.3 Å². The summed E-state index contributed by atoms with van der Waals surface area (Å²) in [6.45, 7) is 5.41. The zero-order valence-electron chi connectivity index (χ0n) is 13.2. The summed E-state index contributed by atoms with van der Waals surface area (Å²) >= 11 is 1.85. The molecular formula is C14H29N3O2S2. The van der Waals surface area contributed by atoms with Gasteiger partial charge in [0, 0.05) is 24.4 Å². The summed E-state index contributed by atoms with van der Waals surface area (Å²) < 4.78 is 29.5. The Balaban J connectivity index is 1.79. The van der Waals surface area contributed by atoms with Crippen molar-refractivity contribution in [1.82, 2.24) is 14.3 Å². The van der Waals surface area contributed by atoms with Crippen LogP contribution in [0, 0.1) is 5.92 Å². The van der Waals surface area contributed by atoms with Crippen molar-refractivity contribution in [2.75, 3.05) is 32.4 Å². The minimum Gasteiger partial charge on any atom is -0.317 e. The van der Waals surface area contributed by atoms with E-state index in [2.05, 4.69) is 23.2 Å². The van der Waals surface area contributed by atoms with E-state index in [4.69, 9.17) is 0 Å². The van der Waals surface area contributed by atoms with Crippen molar-refractivity contribution in [3.63, 3.8) is 0 Å². The number of nitrogens with zero attached hydrogens (tertiary/aromatic N) is 1. The molecule has 2 fully saturated rings. The molecule has 2 atom stereocenters. The Labute approximate surface area is 133 Å². The topological polar surface area (TPSA) is 61.4 Å². The van der Waals surface area contributed by atoms with Crippen molar-refractivity contribution in [3.8, 4) is 0 Å². The zero-order valence-corrected chi connectivity index (χ0v) is 14.8. The van der Waals surface area contributed by atoms with Gasteiger partial charge in [-0.1, -0.05) is 6.92 Å². The summed E-state index contributed by atoms with van der Waals surface area (Å²) in [5.74, 6) is 0.615. The van der Waals surface area contributed by atoms with E-state index in [0.717, 1.165) is 45.2 Å². The van der Waals surface area contributed by atoms with Crippen LogP contribution in [0.2, 0.25) is 0 Å². The quantitative estimate of drug-likeness (QED) is 0.739. The number of piperidine rings is 1. The van der Waals surface area contributed by atoms with Gasteiger partial charge < -0.3 is 5.32 Å². The Bertz CT molecular complexity index is 408. The smallest absolute Gasteiger partial charge is 0.279 e. The summed E-state index contributed by atoms with van der Waals surface area (Å²) in [5, 5.41) is 3.97. The van der Waals surface area contributed by atoms with Gasteiger partial charge in [-0.3, -0.25) is 0 Å². The van der Waals surface area contributed by atoms with Crippen molar-refractivity contribution >= 4 is 22.0 Å². The average molecular weight is 336 g/mol. The molecule has 0 bridgehead atoms. The maximum absolute atomic E-state index is 12.4. The highest BCUT2D eigenvalue weighted by molar-refractivity contribution is 7.99. The molecule has 0 radical (unpaired) electrons. The van der Waals surface area contributed by atoms with E-state index in [-0.39, 0.29) is 6.04 Å². The third kappa shape index (κ3) is 5.10. The summed E-state index contributed by atoms with van der Waals surface area (Å²) in [4.78, 5) is 0. The molecule has 1 saturated heterocycles. The number of nitrogens with one attached hydrogen (secondary N) is 2. The van der Waals surface area contributed by atoms with Crippen LogP contribution in [0.15, 0.2) is 0 Å². The van der Waals surface area contributed by atoms with Gasteiger partial charge in [-0.05, 0) is 57.4 Å². The maximum Gasteiger partial charge on any atom is 0.279 e. The Kier molecular flexibility index (Phi) is 6.80. The normalized spacial score (nSPS) is 29.0. The van der Waals surface area contributed by atoms with Gasteiger partial charge in [0.2, 0.25) is 0 Å². The van der Waals surface area contributed by atoms with Crippen molar-refractivity contribution in [1.29, 1.82) is 0 Å². The van der Waals surface area contributed by atoms with Gasteiger partial charge in [0.15, 0.2) is 0 Å². The Morgan fingerprint density at radius 2 is 1.90 bits per heavy atom. The largest absolute Gasteiger partial charge is 0.317 e. The third-order valence-electron chi connectivity index (χ3n) is 4.63. The molecule has 5 nitrogen and oxygen atoms in total. The van der Waals surface area contributed by atoms with Crippen LogP contribution in [0.3, 0.4) is 0 Å². The monoisotopic (exact) mass is 335 g/mol. The van der Waals surface area contributed by atoms with Gasteiger partial charge >= 0.3 is 0 Å². The molecule has 2 N–H and O–H groups in total. The lowest BCUT2D eigenvalue weighted by Crippen LogP contribution is -2.48. The predicted octanol–water partition coefficient (Wildman–Crippen LogP) is 1.43. The molecule has 1 heterocycles. The van der Waals surface area contributed by atoms with Crippen molar-refractivity contribution in [2.24, 2.45) is 5.92 Å². The van der Waals surface area contributed by atoms with Gasteiger partial charge in [0.25, 0.3) is 10.2 Å². The van der Waals surface area contributed by atoms with Crippen LogP contribution in [0.5, 0.6) is 0 Å². The van der Waals surface area contributed by atoms with Crippen LogP contribution in [-0.4, -0.2) is 56.4 Å². The minimum atomic E-state index is -3.29. The molecular weight excluding hydrogens is 306 g/mol. The fraction of sp³-hybridized carbons (Fsp3) is 1.00. The molecule has 2 rings (SSSR count). The number of thioether (sulfide) groups is 1. The lowest BCUT2D eigenvalue weighted by Gasteiger charge is -2.32. The first-order valence-electron chi connectivity index (χ1n) is 8.06. The minimum absolute atomic E-state index is 0.131. The van der Waals surface area contributed by atoms with E-state index in [1.807, 2.05) is 11.8 Å². The Hall–Kier alpha value is 0.180. The predicted molar refractivity (Wildman–Crippen MR) is 89.8 cm³/mol. The first-order valence-corrected chi connectivity index (χ1v) is 10.8. The molecule has 7 heteroatoms. The van der Waals surface area contributed by atoms with Crippen molar-refractivity contribution in [2.45, 2.75) is 50.3 Å². The SMILES string of the molecule is CCNCC1CCN(S(=O)(=O)NC2CCC(SC)C2)CC1. The highest BCUT2D eigenvalue weighted by Crippen LogP contribution is 2.29. The van der Waals surface area contributed by atoms with Crippen LogP contribution in [0.4, 0.5) is 0 Å². The number of hydrogen-bond acceptors (Lipinski definition) is 4. The van der Waals surface area contributed by atoms with Gasteiger partial charge in [-0.2, -0.15) is 29.2 Å². The third-order valence-corrected chi connectivity index (χ3v) is 7.40. The zero-order chi connectivity index (χ0) is 15.3. The standard InChI is InChI=1S/C14H29N3O2S2/c1-3-15-11-12-6-8-17(9-7-12)21(18,19)16-13-4-5-14(10-13)20-2/h12-16H,3-11H2,1-2H3. The molecule has 2 aliphatic rings. The van der Waals surface area contributed by atoms with Crippen LogP contribution >= 0.6 is 11.8 Å². The molecule has 0 spiro atoms. The molecule has 1 aliphatic heterocycles. The second-order valence-electron chi connectivity index (χ2n) is 6.14. The van der Waals surface area contributed by atoms with E-state index in [1.54, 1.807) is 4.31 Å². The van der Waals surface area contributed by atoms with Crippen molar-refractivity contribution < 1.29 is 8.42 Å². The first-order chi connectivity index (χ1) is 10.0. The molecule has 0 aromatic heterocycles. The van der Waals surface area contributed by atoms with Gasteiger partial charge in [-0.25, -0.2) is 0 Å². The van der Waals surface area contributed by atoms with E-state index in [1.165, 1.54) is 0 Å². The van der Waals surface area contributed by atoms with Gasteiger partial charge in [0.1, 0.15) is 0 Å². The fourth-order valence-electron chi connectivity index (χ4n) is 3.25. The Morgan fingerprint density at radius 1 is 1.19 bits per heavy atom. The molecule has 1 aliphatic carbocycles. The maximum atomic E-state index is 12.4. The van der Waals surface area contributed by atoms with Gasteiger partial charge in [-0.15, -0.1) is 0 Å². The summed E-state index contributed by atoms with van der Waals surface area (Å²) in [7, 11) is -3.29. The average Bonchev–Trinajstić information content (AvgIpc) is 2.92. The number of rotatable bonds is 7. The second kappa shape index (κ2) is 8.15. The van der Waals surface area contributed by atoms with Crippen molar-refractivity contribution in [3.05, 3.63) is 0 Å². The molecule has 2 unspecified atom stereocenters. The highest BCUT2D eigenvalue weighted by Gasteiger charge is 2.32. The molecule has 0 aromatic carbocycles. The van der Waals surface area contributed by atoms with Crippen LogP contribution < -0.4 is 10.0 Å². The second-order valence-corrected chi connectivity index (χ2v) is 8.98. The summed E-state index contributed by atoms with van der Waals surface area (Å²) in [6, 6.07) is 0.131. The summed E-state index contributed by atoms with van der Waals surface area (Å²) in [6.07, 6.45) is 7.10. The Morgan fingerprint density at radius 3 is 2.48 bits per heavy atom. The van der Waals surface area contributed by atoms with E-state index < -0.39 is 10.2 Å². The molecule has 0 aromatic rings. The molecule has 0 amide bonds. The van der Waals surface area contributed by atoms with Crippen LogP contribution in [0.1, 0.15) is 39.0 Å². The lowest BCUT2D eigenvalue weighted by atomic mass is 9.98. The first kappa shape index (κ1) is 17.5. The van der Waals surface area contributed by atoms with Crippen LogP contribution in [-0.2, 0) is 10.2 Å². The molecule has 1 saturated carbocycles.